The van der Waals surface area contributed by atoms with Crippen LogP contribution in [0, 0.1) is 6.92 Å². The van der Waals surface area contributed by atoms with Gasteiger partial charge < -0.3 is 11.5 Å². The van der Waals surface area contributed by atoms with Gasteiger partial charge >= 0.3 is 0 Å². The molecule has 0 unspecified atom stereocenters. The van der Waals surface area contributed by atoms with E-state index in [0.29, 0.717) is 0 Å². The van der Waals surface area contributed by atoms with Crippen molar-refractivity contribution >= 4 is 5.69 Å². The van der Waals surface area contributed by atoms with E-state index in [1.165, 1.54) is 114 Å². The molecule has 0 atom stereocenters. The van der Waals surface area contributed by atoms with Crippen molar-refractivity contribution in [3.05, 3.63) is 43.0 Å². The molecular formula is C30H62N2. The van der Waals surface area contributed by atoms with Crippen LogP contribution in [0.4, 0.5) is 5.69 Å². The predicted molar refractivity (Wildman–Crippen MR) is 154 cm³/mol. The Bertz CT molecular complexity index is 384. The van der Waals surface area contributed by atoms with Gasteiger partial charge in [0.2, 0.25) is 0 Å². The Kier molecular flexibility index (Phi) is 44.0. The van der Waals surface area contributed by atoms with Crippen molar-refractivity contribution in [1.29, 1.82) is 0 Å². The fourth-order valence-electron chi connectivity index (χ4n) is 3.34. The molecule has 0 spiro atoms. The lowest BCUT2D eigenvalue weighted by Crippen LogP contribution is -1.85. The summed E-state index contributed by atoms with van der Waals surface area (Å²) in [6.45, 7) is 16.7. The van der Waals surface area contributed by atoms with Crippen LogP contribution in [0.2, 0.25) is 0 Å². The van der Waals surface area contributed by atoms with E-state index in [9.17, 15) is 0 Å². The molecule has 1 aromatic rings. The van der Waals surface area contributed by atoms with Crippen molar-refractivity contribution in [1.82, 2.24) is 6.15 Å². The minimum Gasteiger partial charge on any atom is -0.388 e. The molecule has 0 saturated carbocycles. The highest BCUT2D eigenvalue weighted by atomic mass is 14.8. The summed E-state index contributed by atoms with van der Waals surface area (Å²) in [5.74, 6) is 0. The van der Waals surface area contributed by atoms with Gasteiger partial charge in [0.15, 0.2) is 0 Å². The summed E-state index contributed by atoms with van der Waals surface area (Å²) in [5, 5.41) is 3.05. The second-order valence-corrected chi connectivity index (χ2v) is 8.07. The highest BCUT2D eigenvalue weighted by molar-refractivity contribution is 5.43. The Balaban J connectivity index is -0.000000234. The molecule has 0 aromatic heterocycles. The minimum absolute atomic E-state index is 0. The molecule has 0 fully saturated rings. The van der Waals surface area contributed by atoms with Crippen LogP contribution in [0.25, 0.3) is 0 Å². The number of aryl methyl sites for hydroxylation is 1. The molecule has 2 heteroatoms. The average Bonchev–Trinajstić information content (AvgIpc) is 2.83. The third-order valence-electron chi connectivity index (χ3n) is 5.30. The average molecular weight is 451 g/mol. The quantitative estimate of drug-likeness (QED) is 0.194. The summed E-state index contributed by atoms with van der Waals surface area (Å²) in [4.78, 5) is 0. The van der Waals surface area contributed by atoms with Crippen LogP contribution in [0.1, 0.15) is 136 Å². The number of unbranched alkanes of at least 4 members (excludes halogenated alkanes) is 15. The molecule has 4 N–H and O–H groups in total. The molecule has 0 heterocycles. The van der Waals surface area contributed by atoms with Gasteiger partial charge in [0.25, 0.3) is 0 Å². The first-order valence-electron chi connectivity index (χ1n) is 13.5. The molecule has 192 valence electrons. The zero-order chi connectivity index (χ0) is 24.0. The van der Waals surface area contributed by atoms with E-state index in [1.807, 2.05) is 20.9 Å². The second-order valence-electron chi connectivity index (χ2n) is 8.07. The second kappa shape index (κ2) is 37.1. The fourth-order valence-corrected chi connectivity index (χ4v) is 3.34. The van der Waals surface area contributed by atoms with Crippen molar-refractivity contribution in [2.75, 3.05) is 12.4 Å². The van der Waals surface area contributed by atoms with Crippen LogP contribution in [0.5, 0.6) is 0 Å². The van der Waals surface area contributed by atoms with Crippen molar-refractivity contribution in [2.45, 2.75) is 137 Å². The predicted octanol–water partition coefficient (Wildman–Crippen LogP) is 11.3. The number of benzene rings is 1. The van der Waals surface area contributed by atoms with Gasteiger partial charge in [0, 0.05) is 12.7 Å². The van der Waals surface area contributed by atoms with Gasteiger partial charge in [0.05, 0.1) is 0 Å². The monoisotopic (exact) mass is 450 g/mol. The third-order valence-corrected chi connectivity index (χ3v) is 5.30. The summed E-state index contributed by atoms with van der Waals surface area (Å²) >= 11 is 0. The first kappa shape index (κ1) is 38.0. The zero-order valence-corrected chi connectivity index (χ0v) is 23.2. The van der Waals surface area contributed by atoms with Crippen LogP contribution >= 0.6 is 0 Å². The summed E-state index contributed by atoms with van der Waals surface area (Å²) in [5.41, 5.74) is 2.47. The SMILES string of the molecule is C=C.CC.CCCCCCCCCCCCCCCCCC.CNc1ccc(C)cc1.N. The summed E-state index contributed by atoms with van der Waals surface area (Å²) in [6.07, 6.45) is 23.4. The summed E-state index contributed by atoms with van der Waals surface area (Å²) in [6, 6.07) is 8.31. The van der Waals surface area contributed by atoms with E-state index in [2.05, 4.69) is 63.5 Å². The lowest BCUT2D eigenvalue weighted by atomic mass is 10.0. The molecule has 0 aliphatic carbocycles. The molecule has 0 saturated heterocycles. The van der Waals surface area contributed by atoms with Crippen LogP contribution in [0.15, 0.2) is 37.4 Å². The largest absolute Gasteiger partial charge is 0.388 e. The van der Waals surface area contributed by atoms with E-state index in [-0.39, 0.29) is 6.15 Å². The Labute approximate surface area is 204 Å². The lowest BCUT2D eigenvalue weighted by molar-refractivity contribution is 0.531. The van der Waals surface area contributed by atoms with Crippen LogP contribution in [-0.4, -0.2) is 7.05 Å². The van der Waals surface area contributed by atoms with Crippen LogP contribution < -0.4 is 11.5 Å². The van der Waals surface area contributed by atoms with E-state index >= 15 is 0 Å². The standard InChI is InChI=1S/C18H38.C8H11N.C2H6.C2H4.H3N/c1-3-5-7-9-11-13-15-17-18-16-14-12-10-8-6-4-2;1-7-3-5-8(9-2)6-4-7;2*1-2;/h3-18H2,1-2H3;3-6,9H,1-2H3;1-2H3;1-2H2;1H3. The van der Waals surface area contributed by atoms with Gasteiger partial charge in [-0.25, -0.2) is 0 Å². The first-order valence-corrected chi connectivity index (χ1v) is 13.5. The molecule has 0 amide bonds. The summed E-state index contributed by atoms with van der Waals surface area (Å²) < 4.78 is 0. The summed E-state index contributed by atoms with van der Waals surface area (Å²) in [7, 11) is 1.92. The maximum atomic E-state index is 3.05. The van der Waals surface area contributed by atoms with E-state index in [4.69, 9.17) is 0 Å². The maximum absolute atomic E-state index is 3.05. The Hall–Kier alpha value is -1.28. The van der Waals surface area contributed by atoms with Gasteiger partial charge in [0.1, 0.15) is 0 Å². The maximum Gasteiger partial charge on any atom is 0.0337 e. The van der Waals surface area contributed by atoms with Crippen LogP contribution in [0.3, 0.4) is 0 Å². The number of anilines is 1. The molecule has 1 aromatic carbocycles. The smallest absolute Gasteiger partial charge is 0.0337 e. The van der Waals surface area contributed by atoms with Crippen molar-refractivity contribution in [3.63, 3.8) is 0 Å². The van der Waals surface area contributed by atoms with Crippen molar-refractivity contribution in [2.24, 2.45) is 0 Å². The molecule has 0 radical (unpaired) electrons. The van der Waals surface area contributed by atoms with E-state index < -0.39 is 0 Å². The third kappa shape index (κ3) is 33.4. The molecule has 0 bridgehead atoms. The fraction of sp³-hybridized carbons (Fsp3) is 0.733. The molecule has 1 rings (SSSR count). The highest BCUT2D eigenvalue weighted by Gasteiger charge is 1.93. The van der Waals surface area contributed by atoms with Gasteiger partial charge in [-0.3, -0.25) is 0 Å². The Morgan fingerprint density at radius 2 is 0.812 bits per heavy atom. The first-order chi connectivity index (χ1) is 15.2. The number of nitrogens with one attached hydrogen (secondary N) is 1. The molecule has 0 aliphatic rings. The van der Waals surface area contributed by atoms with E-state index in [1.54, 1.807) is 0 Å². The van der Waals surface area contributed by atoms with Gasteiger partial charge in [-0.1, -0.05) is 148 Å². The van der Waals surface area contributed by atoms with Gasteiger partial charge in [-0.2, -0.15) is 0 Å². The highest BCUT2D eigenvalue weighted by Crippen LogP contribution is 2.13. The number of hydrogen-bond donors (Lipinski definition) is 2. The molecule has 2 nitrogen and oxygen atoms in total. The molecule has 0 aliphatic heterocycles. The molecule has 32 heavy (non-hydrogen) atoms. The topological polar surface area (TPSA) is 47.0 Å². The van der Waals surface area contributed by atoms with Crippen molar-refractivity contribution < 1.29 is 0 Å². The Morgan fingerprint density at radius 1 is 0.562 bits per heavy atom. The Morgan fingerprint density at radius 3 is 1.03 bits per heavy atom. The van der Waals surface area contributed by atoms with Crippen molar-refractivity contribution in [3.8, 4) is 0 Å². The number of rotatable bonds is 16. The minimum atomic E-state index is 0. The number of hydrogen-bond acceptors (Lipinski definition) is 2. The zero-order valence-electron chi connectivity index (χ0n) is 23.2. The molecular weight excluding hydrogens is 388 g/mol. The van der Waals surface area contributed by atoms with E-state index in [0.717, 1.165) is 0 Å². The lowest BCUT2D eigenvalue weighted by Gasteiger charge is -2.03. The van der Waals surface area contributed by atoms with Gasteiger partial charge in [-0.15, -0.1) is 13.2 Å². The normalized spacial score (nSPS) is 9.06. The van der Waals surface area contributed by atoms with Crippen LogP contribution in [-0.2, 0) is 0 Å². The van der Waals surface area contributed by atoms with Gasteiger partial charge in [-0.05, 0) is 19.1 Å².